The van der Waals surface area contributed by atoms with Crippen molar-refractivity contribution in [3.8, 4) is 0 Å². The van der Waals surface area contributed by atoms with E-state index < -0.39 is 23.9 Å². The predicted molar refractivity (Wildman–Crippen MR) is 103 cm³/mol. The lowest BCUT2D eigenvalue weighted by molar-refractivity contribution is -0.196. The first-order valence-electron chi connectivity index (χ1n) is 9.37. The normalized spacial score (nSPS) is 28.1. The number of hydrogen-bond donors (Lipinski definition) is 3. The Hall–Kier alpha value is -1.73. The van der Waals surface area contributed by atoms with Gasteiger partial charge in [-0.1, -0.05) is 30.3 Å². The second-order valence-electron chi connectivity index (χ2n) is 7.46. The topological polar surface area (TPSA) is 88.0 Å². The Morgan fingerprint density at radius 2 is 2.07 bits per heavy atom. The SMILES string of the molecule is C=CCO[C@H]1C[C@](OCc2ccccc2C)(C(=O)NC(C)C)C[C@@H](O)[C@H]1O. The molecule has 150 valence electrons. The molecule has 1 aromatic carbocycles. The summed E-state index contributed by atoms with van der Waals surface area (Å²) in [6, 6.07) is 7.72. The lowest BCUT2D eigenvalue weighted by Crippen LogP contribution is -2.61. The average molecular weight is 377 g/mol. The Labute approximate surface area is 161 Å². The van der Waals surface area contributed by atoms with E-state index in [1.54, 1.807) is 6.08 Å². The third-order valence-electron chi connectivity index (χ3n) is 4.87. The molecule has 0 unspecified atom stereocenters. The number of carbonyl (C=O) groups excluding carboxylic acids is 1. The lowest BCUT2D eigenvalue weighted by Gasteiger charge is -2.44. The van der Waals surface area contributed by atoms with E-state index in [0.717, 1.165) is 11.1 Å². The highest BCUT2D eigenvalue weighted by Gasteiger charge is 2.51. The molecule has 3 N–H and O–H groups in total. The molecule has 0 saturated heterocycles. The van der Waals surface area contributed by atoms with Crippen LogP contribution in [0.3, 0.4) is 0 Å². The fourth-order valence-electron chi connectivity index (χ4n) is 3.34. The van der Waals surface area contributed by atoms with E-state index >= 15 is 0 Å². The molecule has 1 fully saturated rings. The quantitative estimate of drug-likeness (QED) is 0.602. The molecule has 1 saturated carbocycles. The lowest BCUT2D eigenvalue weighted by atomic mass is 9.78. The van der Waals surface area contributed by atoms with Gasteiger partial charge in [0.2, 0.25) is 0 Å². The van der Waals surface area contributed by atoms with Gasteiger partial charge in [-0.25, -0.2) is 0 Å². The zero-order valence-electron chi connectivity index (χ0n) is 16.4. The van der Waals surface area contributed by atoms with E-state index in [9.17, 15) is 15.0 Å². The van der Waals surface area contributed by atoms with Crippen LogP contribution in [-0.4, -0.2) is 52.7 Å². The van der Waals surface area contributed by atoms with Crippen molar-refractivity contribution < 1.29 is 24.5 Å². The maximum Gasteiger partial charge on any atom is 0.252 e. The first-order chi connectivity index (χ1) is 12.8. The molecule has 4 atom stereocenters. The molecule has 0 bridgehead atoms. The number of hydrogen-bond acceptors (Lipinski definition) is 5. The maximum absolute atomic E-state index is 13.0. The number of carbonyl (C=O) groups is 1. The molecule has 1 amide bonds. The van der Waals surface area contributed by atoms with E-state index in [1.165, 1.54) is 0 Å². The summed E-state index contributed by atoms with van der Waals surface area (Å²) in [7, 11) is 0. The van der Waals surface area contributed by atoms with Crippen LogP contribution in [0.2, 0.25) is 0 Å². The highest BCUT2D eigenvalue weighted by Crippen LogP contribution is 2.35. The van der Waals surface area contributed by atoms with Gasteiger partial charge in [-0.3, -0.25) is 4.79 Å². The highest BCUT2D eigenvalue weighted by atomic mass is 16.5. The van der Waals surface area contributed by atoms with Crippen molar-refractivity contribution in [3.63, 3.8) is 0 Å². The second kappa shape index (κ2) is 9.46. The summed E-state index contributed by atoms with van der Waals surface area (Å²) < 4.78 is 11.8. The number of aliphatic hydroxyl groups excluding tert-OH is 2. The summed E-state index contributed by atoms with van der Waals surface area (Å²) in [6.45, 7) is 9.77. The Morgan fingerprint density at radius 3 is 2.70 bits per heavy atom. The minimum atomic E-state index is -1.28. The van der Waals surface area contributed by atoms with Crippen molar-refractivity contribution in [2.75, 3.05) is 6.61 Å². The van der Waals surface area contributed by atoms with Crippen LogP contribution in [0.1, 0.15) is 37.8 Å². The first kappa shape index (κ1) is 21.6. The summed E-state index contributed by atoms with van der Waals surface area (Å²) >= 11 is 0. The molecule has 27 heavy (non-hydrogen) atoms. The largest absolute Gasteiger partial charge is 0.390 e. The van der Waals surface area contributed by atoms with Crippen molar-refractivity contribution >= 4 is 5.91 Å². The number of benzene rings is 1. The van der Waals surface area contributed by atoms with Gasteiger partial charge in [0.25, 0.3) is 5.91 Å². The Balaban J connectivity index is 2.27. The minimum absolute atomic E-state index is 0.00650. The molecule has 2 rings (SSSR count). The van der Waals surface area contributed by atoms with Gasteiger partial charge in [-0.2, -0.15) is 0 Å². The maximum atomic E-state index is 13.0. The molecule has 6 nitrogen and oxygen atoms in total. The number of nitrogens with one attached hydrogen (secondary N) is 1. The number of amides is 1. The van der Waals surface area contributed by atoms with Crippen LogP contribution in [0.5, 0.6) is 0 Å². The second-order valence-corrected chi connectivity index (χ2v) is 7.46. The van der Waals surface area contributed by atoms with Crippen LogP contribution in [0.25, 0.3) is 0 Å². The molecule has 0 radical (unpaired) electrons. The number of ether oxygens (including phenoxy) is 2. The number of rotatable bonds is 8. The first-order valence-corrected chi connectivity index (χ1v) is 9.37. The molecule has 0 heterocycles. The molecular weight excluding hydrogens is 346 g/mol. The molecule has 1 aromatic rings. The fraction of sp³-hybridized carbons (Fsp3) is 0.571. The van der Waals surface area contributed by atoms with Crippen molar-refractivity contribution in [1.29, 1.82) is 0 Å². The van der Waals surface area contributed by atoms with Gasteiger partial charge >= 0.3 is 0 Å². The predicted octanol–water partition coefficient (Wildman–Crippen LogP) is 1.86. The summed E-state index contributed by atoms with van der Waals surface area (Å²) in [5.41, 5.74) is 0.753. The Kier molecular flexibility index (Phi) is 7.56. The molecule has 6 heteroatoms. The zero-order valence-corrected chi connectivity index (χ0v) is 16.4. The van der Waals surface area contributed by atoms with E-state index in [2.05, 4.69) is 11.9 Å². The average Bonchev–Trinajstić information content (AvgIpc) is 2.62. The third kappa shape index (κ3) is 5.39. The van der Waals surface area contributed by atoms with Gasteiger partial charge in [0.15, 0.2) is 5.60 Å². The van der Waals surface area contributed by atoms with Crippen LogP contribution in [0.15, 0.2) is 36.9 Å². The van der Waals surface area contributed by atoms with Crippen LogP contribution in [0, 0.1) is 6.92 Å². The summed E-state index contributed by atoms with van der Waals surface area (Å²) in [5, 5.41) is 23.6. The van der Waals surface area contributed by atoms with Crippen molar-refractivity contribution in [2.24, 2.45) is 0 Å². The molecule has 0 aromatic heterocycles. The van der Waals surface area contributed by atoms with Gasteiger partial charge in [0.05, 0.1) is 25.4 Å². The third-order valence-corrected chi connectivity index (χ3v) is 4.87. The van der Waals surface area contributed by atoms with E-state index in [4.69, 9.17) is 9.47 Å². The van der Waals surface area contributed by atoms with Gasteiger partial charge in [0, 0.05) is 18.9 Å². The molecular formula is C21H31NO5. The summed E-state index contributed by atoms with van der Waals surface area (Å²) in [5.74, 6) is -0.302. The van der Waals surface area contributed by atoms with Crippen LogP contribution in [-0.2, 0) is 20.9 Å². The number of aliphatic hydroxyl groups is 2. The number of aryl methyl sites for hydroxylation is 1. The van der Waals surface area contributed by atoms with Crippen molar-refractivity contribution in [1.82, 2.24) is 5.32 Å². The van der Waals surface area contributed by atoms with Crippen LogP contribution in [0.4, 0.5) is 0 Å². The van der Waals surface area contributed by atoms with Gasteiger partial charge in [-0.15, -0.1) is 6.58 Å². The zero-order chi connectivity index (χ0) is 20.0. The summed E-state index contributed by atoms with van der Waals surface area (Å²) in [6.07, 6.45) is -1.19. The smallest absolute Gasteiger partial charge is 0.252 e. The van der Waals surface area contributed by atoms with Crippen LogP contribution >= 0.6 is 0 Å². The molecule has 0 aliphatic heterocycles. The molecule has 0 spiro atoms. The van der Waals surface area contributed by atoms with E-state index in [1.807, 2.05) is 45.0 Å². The molecule has 1 aliphatic carbocycles. The van der Waals surface area contributed by atoms with Crippen molar-refractivity contribution in [3.05, 3.63) is 48.0 Å². The van der Waals surface area contributed by atoms with Gasteiger partial charge in [-0.05, 0) is 31.9 Å². The minimum Gasteiger partial charge on any atom is -0.390 e. The van der Waals surface area contributed by atoms with Gasteiger partial charge in [0.1, 0.15) is 6.10 Å². The van der Waals surface area contributed by atoms with Crippen molar-refractivity contribution in [2.45, 2.75) is 70.2 Å². The Morgan fingerprint density at radius 1 is 1.37 bits per heavy atom. The van der Waals surface area contributed by atoms with E-state index in [0.29, 0.717) is 0 Å². The standard InChI is InChI=1S/C21H31NO5/c1-5-10-26-18-12-21(11-17(23)19(18)24,20(25)22-14(2)3)27-13-16-9-7-6-8-15(16)4/h5-9,14,17-19,23-24H,1,10-13H2,2-4H3,(H,22,25)/t17-,18+,19-,21+/m1/s1. The fourth-order valence-corrected chi connectivity index (χ4v) is 3.34. The monoisotopic (exact) mass is 377 g/mol. The highest BCUT2D eigenvalue weighted by molar-refractivity contribution is 5.85. The summed E-state index contributed by atoms with van der Waals surface area (Å²) in [4.78, 5) is 13.0. The van der Waals surface area contributed by atoms with Crippen LogP contribution < -0.4 is 5.32 Å². The van der Waals surface area contributed by atoms with E-state index in [-0.39, 0.29) is 38.0 Å². The Bertz CT molecular complexity index is 647. The molecule has 1 aliphatic rings. The van der Waals surface area contributed by atoms with Gasteiger partial charge < -0.3 is 25.0 Å².